The van der Waals surface area contributed by atoms with Crippen molar-refractivity contribution in [2.45, 2.75) is 26.5 Å². The Morgan fingerprint density at radius 2 is 1.86 bits per heavy atom. The molecule has 0 unspecified atom stereocenters. The SMILES string of the molecule is [2H]C([2H])(c1ccccc1C(F)(F)F)n1c(C)nc2c(C)ccc(NC(=O)c3cc(Cl)c(O)c(Cl)n3)c2c1=O. The Labute approximate surface area is 215 Å². The van der Waals surface area contributed by atoms with Crippen molar-refractivity contribution in [1.82, 2.24) is 14.5 Å². The number of carbonyl (C=O) groups excluding carboxylic acids is 1. The van der Waals surface area contributed by atoms with Crippen LogP contribution >= 0.6 is 23.2 Å². The first-order valence-corrected chi connectivity index (χ1v) is 11.0. The third-order valence-corrected chi connectivity index (χ3v) is 5.79. The number of aromatic hydroxyl groups is 1. The second-order valence-corrected chi connectivity index (χ2v) is 8.46. The minimum Gasteiger partial charge on any atom is -0.504 e. The number of aromatic nitrogens is 3. The van der Waals surface area contributed by atoms with Crippen LogP contribution in [0.15, 0.2) is 47.3 Å². The van der Waals surface area contributed by atoms with Crippen molar-refractivity contribution in [3.8, 4) is 5.75 Å². The summed E-state index contributed by atoms with van der Waals surface area (Å²) in [6.07, 6.45) is -4.89. The van der Waals surface area contributed by atoms with Gasteiger partial charge in [0.15, 0.2) is 10.9 Å². The van der Waals surface area contributed by atoms with E-state index < -0.39 is 46.2 Å². The van der Waals surface area contributed by atoms with Crippen LogP contribution in [-0.2, 0) is 12.7 Å². The fourth-order valence-corrected chi connectivity index (χ4v) is 3.93. The van der Waals surface area contributed by atoms with Crippen LogP contribution in [0.2, 0.25) is 10.2 Å². The average Bonchev–Trinajstić information content (AvgIpc) is 2.83. The lowest BCUT2D eigenvalue weighted by Crippen LogP contribution is -2.27. The maximum atomic E-state index is 13.7. The topological polar surface area (TPSA) is 97.1 Å². The van der Waals surface area contributed by atoms with Crippen LogP contribution in [0.3, 0.4) is 0 Å². The first-order chi connectivity index (χ1) is 17.6. The van der Waals surface area contributed by atoms with E-state index in [1.807, 2.05) is 0 Å². The summed E-state index contributed by atoms with van der Waals surface area (Å²) >= 11 is 11.6. The van der Waals surface area contributed by atoms with E-state index in [4.69, 9.17) is 25.9 Å². The van der Waals surface area contributed by atoms with E-state index >= 15 is 0 Å². The zero-order chi connectivity index (χ0) is 28.2. The third-order valence-electron chi connectivity index (χ3n) is 5.24. The van der Waals surface area contributed by atoms with Gasteiger partial charge in [0.05, 0.1) is 36.4 Å². The highest BCUT2D eigenvalue weighted by molar-refractivity contribution is 6.36. The van der Waals surface area contributed by atoms with Gasteiger partial charge in [-0.2, -0.15) is 13.2 Å². The molecule has 0 bridgehead atoms. The molecule has 2 heterocycles. The Kier molecular flexibility index (Phi) is 5.98. The summed E-state index contributed by atoms with van der Waals surface area (Å²) < 4.78 is 58.8. The molecule has 4 rings (SSSR count). The number of nitrogens with zero attached hydrogens (tertiary/aromatic N) is 3. The standard InChI is InChI=1S/C24H17Cl2F3N4O3/c1-11-7-8-16(32-22(35)17-9-15(25)20(34)21(26)31-17)18-19(11)30-12(2)33(23(18)36)10-13-5-3-4-6-14(13)24(27,28)29/h3-9,34H,10H2,1-2H3,(H,32,35)/i10D2. The van der Waals surface area contributed by atoms with Gasteiger partial charge in [0, 0.05) is 0 Å². The number of carbonyl (C=O) groups is 1. The van der Waals surface area contributed by atoms with Gasteiger partial charge in [0.2, 0.25) is 0 Å². The molecule has 0 spiro atoms. The van der Waals surface area contributed by atoms with Crippen LogP contribution in [-0.4, -0.2) is 25.5 Å². The molecular weight excluding hydrogens is 520 g/mol. The highest BCUT2D eigenvalue weighted by Gasteiger charge is 2.33. The minimum absolute atomic E-state index is 0.108. The number of alkyl halides is 3. The molecule has 7 nitrogen and oxygen atoms in total. The van der Waals surface area contributed by atoms with Crippen molar-refractivity contribution >= 4 is 45.7 Å². The van der Waals surface area contributed by atoms with Crippen molar-refractivity contribution < 1.29 is 25.8 Å². The van der Waals surface area contributed by atoms with Crippen LogP contribution in [0.4, 0.5) is 18.9 Å². The number of benzene rings is 2. The summed E-state index contributed by atoms with van der Waals surface area (Å²) in [7, 11) is 0. The first-order valence-electron chi connectivity index (χ1n) is 11.2. The maximum absolute atomic E-state index is 13.7. The summed E-state index contributed by atoms with van der Waals surface area (Å²) in [6.45, 7) is -0.0538. The number of hydrogen-bond acceptors (Lipinski definition) is 5. The second kappa shape index (κ2) is 9.44. The molecule has 12 heteroatoms. The molecule has 0 aliphatic heterocycles. The average molecular weight is 539 g/mol. The number of aryl methyl sites for hydroxylation is 2. The zero-order valence-corrected chi connectivity index (χ0v) is 20.0. The Morgan fingerprint density at radius 3 is 2.53 bits per heavy atom. The molecule has 1 amide bonds. The number of pyridine rings is 1. The van der Waals surface area contributed by atoms with Crippen molar-refractivity contribution in [3.63, 3.8) is 0 Å². The molecule has 186 valence electrons. The van der Waals surface area contributed by atoms with Gasteiger partial charge >= 0.3 is 6.18 Å². The number of nitrogens with one attached hydrogen (secondary N) is 1. The Bertz CT molecular complexity index is 1650. The molecule has 2 N–H and O–H groups in total. The first kappa shape index (κ1) is 22.8. The Morgan fingerprint density at radius 1 is 1.17 bits per heavy atom. The van der Waals surface area contributed by atoms with E-state index in [0.29, 0.717) is 10.1 Å². The van der Waals surface area contributed by atoms with Gasteiger partial charge in [-0.05, 0) is 43.2 Å². The molecule has 4 aromatic rings. The highest BCUT2D eigenvalue weighted by atomic mass is 35.5. The number of halogens is 5. The highest BCUT2D eigenvalue weighted by Crippen LogP contribution is 2.33. The van der Waals surface area contributed by atoms with Crippen molar-refractivity contribution in [3.05, 3.63) is 91.2 Å². The predicted molar refractivity (Wildman–Crippen MR) is 130 cm³/mol. The van der Waals surface area contributed by atoms with Gasteiger partial charge < -0.3 is 10.4 Å². The van der Waals surface area contributed by atoms with Gasteiger partial charge in [0.1, 0.15) is 11.5 Å². The molecular formula is C24H17Cl2F3N4O3. The van der Waals surface area contributed by atoms with Gasteiger partial charge in [0.25, 0.3) is 11.5 Å². The van der Waals surface area contributed by atoms with E-state index in [2.05, 4.69) is 15.3 Å². The molecule has 0 fully saturated rings. The van der Waals surface area contributed by atoms with Crippen molar-refractivity contribution in [2.24, 2.45) is 0 Å². The van der Waals surface area contributed by atoms with Crippen LogP contribution in [0, 0.1) is 13.8 Å². The van der Waals surface area contributed by atoms with Crippen LogP contribution in [0.5, 0.6) is 5.75 Å². The summed E-state index contributed by atoms with van der Waals surface area (Å²) in [5.74, 6) is -1.60. The van der Waals surface area contributed by atoms with Gasteiger partial charge in [-0.15, -0.1) is 0 Å². The molecule has 0 atom stereocenters. The summed E-state index contributed by atoms with van der Waals surface area (Å²) in [5, 5.41) is 11.2. The maximum Gasteiger partial charge on any atom is 0.416 e. The molecule has 0 aliphatic carbocycles. The molecule has 0 saturated carbocycles. The molecule has 0 saturated heterocycles. The largest absolute Gasteiger partial charge is 0.504 e. The number of rotatable bonds is 4. The normalized spacial score (nSPS) is 12.9. The van der Waals surface area contributed by atoms with E-state index in [-0.39, 0.29) is 33.1 Å². The Hall–Kier alpha value is -3.63. The molecule has 0 radical (unpaired) electrons. The molecule has 36 heavy (non-hydrogen) atoms. The van der Waals surface area contributed by atoms with Crippen LogP contribution < -0.4 is 10.9 Å². The van der Waals surface area contributed by atoms with E-state index in [9.17, 15) is 27.9 Å². The summed E-state index contributed by atoms with van der Waals surface area (Å²) in [6, 6.07) is 7.97. The zero-order valence-electron chi connectivity index (χ0n) is 20.5. The van der Waals surface area contributed by atoms with Gasteiger partial charge in [-0.3, -0.25) is 14.2 Å². The minimum atomic E-state index is -4.89. The Balaban J connectivity index is 1.93. The molecule has 0 aliphatic rings. The van der Waals surface area contributed by atoms with Crippen molar-refractivity contribution in [1.29, 1.82) is 0 Å². The fraction of sp³-hybridized carbons (Fsp3) is 0.167. The number of fused-ring (bicyclic) bond motifs is 1. The fourth-order valence-electron chi connectivity index (χ4n) is 3.49. The van der Waals surface area contributed by atoms with Gasteiger partial charge in [-0.1, -0.05) is 47.5 Å². The number of anilines is 1. The van der Waals surface area contributed by atoms with Gasteiger partial charge in [-0.25, -0.2) is 9.97 Å². The lowest BCUT2D eigenvalue weighted by molar-refractivity contribution is -0.138. The monoisotopic (exact) mass is 538 g/mol. The summed E-state index contributed by atoms with van der Waals surface area (Å²) in [4.78, 5) is 34.7. The molecule has 2 aromatic heterocycles. The number of amides is 1. The quantitative estimate of drug-likeness (QED) is 0.323. The predicted octanol–water partition coefficient (Wildman–Crippen LogP) is 5.74. The molecule has 2 aromatic carbocycles. The van der Waals surface area contributed by atoms with Crippen molar-refractivity contribution in [2.75, 3.05) is 5.32 Å². The second-order valence-electron chi connectivity index (χ2n) is 7.69. The number of hydrogen-bond donors (Lipinski definition) is 2. The third kappa shape index (κ3) is 4.74. The smallest absolute Gasteiger partial charge is 0.416 e. The van der Waals surface area contributed by atoms with E-state index in [0.717, 1.165) is 24.3 Å². The van der Waals surface area contributed by atoms with E-state index in [1.165, 1.54) is 19.1 Å². The van der Waals surface area contributed by atoms with Crippen LogP contribution in [0.25, 0.3) is 10.9 Å². The summed E-state index contributed by atoms with van der Waals surface area (Å²) in [5.41, 5.74) is -2.86. The van der Waals surface area contributed by atoms with Crippen LogP contribution in [0.1, 0.15) is 35.7 Å². The lowest BCUT2D eigenvalue weighted by atomic mass is 10.1. The van der Waals surface area contributed by atoms with E-state index in [1.54, 1.807) is 13.0 Å². The lowest BCUT2D eigenvalue weighted by Gasteiger charge is -2.17.